The summed E-state index contributed by atoms with van der Waals surface area (Å²) in [4.78, 5) is 14.6. The summed E-state index contributed by atoms with van der Waals surface area (Å²) >= 11 is 0. The Morgan fingerprint density at radius 1 is 0.763 bits per heavy atom. The molecule has 8 nitrogen and oxygen atoms in total. The third-order valence-corrected chi connectivity index (χ3v) is 7.85. The topological polar surface area (TPSA) is 107 Å². The van der Waals surface area contributed by atoms with Crippen LogP contribution in [0.1, 0.15) is 0 Å². The molecule has 0 aliphatic heterocycles. The van der Waals surface area contributed by atoms with Crippen molar-refractivity contribution in [2.75, 3.05) is 4.72 Å². The number of nitro groups is 1. The number of benzene rings is 5. The summed E-state index contributed by atoms with van der Waals surface area (Å²) in [5, 5.41) is 14.8. The molecule has 38 heavy (non-hydrogen) atoms. The lowest BCUT2D eigenvalue weighted by Gasteiger charge is -2.20. The van der Waals surface area contributed by atoms with E-state index in [1.54, 1.807) is 18.6 Å². The molecule has 0 fully saturated rings. The first kappa shape index (κ1) is 23.4. The molecule has 1 heterocycles. The molecule has 1 N–H and O–H groups in total. The van der Waals surface area contributed by atoms with Crippen LogP contribution in [-0.4, -0.2) is 22.9 Å². The minimum atomic E-state index is -4.07. The summed E-state index contributed by atoms with van der Waals surface area (Å²) in [6.45, 7) is 0. The van der Waals surface area contributed by atoms with Crippen LogP contribution in [0.3, 0.4) is 0 Å². The zero-order chi connectivity index (χ0) is 26.3. The molecule has 6 aromatic rings. The van der Waals surface area contributed by atoms with Crippen LogP contribution < -0.4 is 4.72 Å². The summed E-state index contributed by atoms with van der Waals surface area (Å²) in [5.41, 5.74) is 2.61. The van der Waals surface area contributed by atoms with E-state index in [0.717, 1.165) is 32.8 Å². The molecule has 0 atom stereocenters. The second-order valence-electron chi connectivity index (χ2n) is 8.72. The Kier molecular flexibility index (Phi) is 5.62. The number of non-ortho nitro benzene ring substituents is 1. The van der Waals surface area contributed by atoms with Gasteiger partial charge in [0.15, 0.2) is 0 Å². The van der Waals surface area contributed by atoms with Crippen molar-refractivity contribution in [1.82, 2.24) is 9.55 Å². The molecule has 0 amide bonds. The van der Waals surface area contributed by atoms with Gasteiger partial charge in [0.25, 0.3) is 15.7 Å². The number of rotatable bonds is 6. The fourth-order valence-electron chi connectivity index (χ4n) is 4.72. The van der Waals surface area contributed by atoms with Crippen molar-refractivity contribution in [3.05, 3.63) is 126 Å². The molecule has 5 aromatic carbocycles. The average Bonchev–Trinajstić information content (AvgIpc) is 3.47. The van der Waals surface area contributed by atoms with Crippen LogP contribution in [-0.2, 0) is 10.0 Å². The van der Waals surface area contributed by atoms with E-state index in [1.165, 1.54) is 24.3 Å². The van der Waals surface area contributed by atoms with Gasteiger partial charge in [-0.05, 0) is 45.8 Å². The zero-order valence-corrected chi connectivity index (χ0v) is 20.7. The van der Waals surface area contributed by atoms with Crippen molar-refractivity contribution in [3.63, 3.8) is 0 Å². The molecule has 0 spiro atoms. The van der Waals surface area contributed by atoms with Crippen LogP contribution >= 0.6 is 0 Å². The van der Waals surface area contributed by atoms with Gasteiger partial charge in [-0.2, -0.15) is 0 Å². The van der Waals surface area contributed by atoms with Crippen LogP contribution in [0.2, 0.25) is 0 Å². The Hall–Kier alpha value is -5.02. The lowest BCUT2D eigenvalue weighted by molar-refractivity contribution is -0.384. The van der Waals surface area contributed by atoms with Crippen molar-refractivity contribution in [2.24, 2.45) is 0 Å². The van der Waals surface area contributed by atoms with Crippen molar-refractivity contribution < 1.29 is 13.3 Å². The molecule has 0 radical (unpaired) electrons. The first-order valence-corrected chi connectivity index (χ1v) is 13.2. The number of aromatic nitrogens is 2. The number of fused-ring (bicyclic) bond motifs is 2. The number of imidazole rings is 1. The Balaban J connectivity index is 1.62. The molecular weight excluding hydrogens is 500 g/mol. The van der Waals surface area contributed by atoms with Crippen LogP contribution in [0.4, 0.5) is 11.4 Å². The van der Waals surface area contributed by atoms with E-state index in [2.05, 4.69) is 9.71 Å². The number of sulfonamides is 1. The lowest BCUT2D eigenvalue weighted by Crippen LogP contribution is -2.14. The number of nitrogens with one attached hydrogen (secondary N) is 1. The number of nitrogens with zero attached hydrogens (tertiary/aromatic N) is 3. The average molecular weight is 521 g/mol. The molecule has 186 valence electrons. The summed E-state index contributed by atoms with van der Waals surface area (Å²) in [5.74, 6) is 0. The summed E-state index contributed by atoms with van der Waals surface area (Å²) < 4.78 is 31.6. The van der Waals surface area contributed by atoms with Crippen molar-refractivity contribution in [1.29, 1.82) is 0 Å². The van der Waals surface area contributed by atoms with Gasteiger partial charge in [-0.1, -0.05) is 60.7 Å². The highest BCUT2D eigenvalue weighted by Gasteiger charge is 2.22. The van der Waals surface area contributed by atoms with Crippen LogP contribution in [0.25, 0.3) is 38.4 Å². The molecular formula is C29H20N4O4S. The molecule has 0 saturated carbocycles. The highest BCUT2D eigenvalue weighted by molar-refractivity contribution is 7.92. The first-order valence-electron chi connectivity index (χ1n) is 11.7. The Bertz CT molecular complexity index is 1930. The molecule has 0 saturated heterocycles. The standard InChI is InChI=1S/C29H20N4O4S/c34-33(35)22-11-13-23(14-12-22)38(36,37)31-26-15-9-20-5-1-3-7-24(20)28(26)29-25-8-4-2-6-21(25)10-16-27(29)32-18-17-30-19-32/h1-19,31H. The molecule has 0 unspecified atom stereocenters. The number of anilines is 1. The quantitative estimate of drug-likeness (QED) is 0.198. The second-order valence-corrected chi connectivity index (χ2v) is 10.4. The van der Waals surface area contributed by atoms with Gasteiger partial charge in [0.05, 0.1) is 27.5 Å². The fraction of sp³-hybridized carbons (Fsp3) is 0. The summed E-state index contributed by atoms with van der Waals surface area (Å²) in [6.07, 6.45) is 5.25. The number of hydrogen-bond donors (Lipinski definition) is 1. The van der Waals surface area contributed by atoms with Gasteiger partial charge in [-0.15, -0.1) is 0 Å². The molecule has 0 aliphatic rings. The van der Waals surface area contributed by atoms with Gasteiger partial charge in [0, 0.05) is 35.7 Å². The first-order chi connectivity index (χ1) is 18.4. The van der Waals surface area contributed by atoms with E-state index in [1.807, 2.05) is 77.5 Å². The Labute approximate surface area is 218 Å². The van der Waals surface area contributed by atoms with Gasteiger partial charge >= 0.3 is 0 Å². The molecule has 9 heteroatoms. The smallest absolute Gasteiger partial charge is 0.269 e. The van der Waals surface area contributed by atoms with Gasteiger partial charge < -0.3 is 4.57 Å². The van der Waals surface area contributed by atoms with E-state index in [-0.39, 0.29) is 10.6 Å². The lowest BCUT2D eigenvalue weighted by atomic mass is 9.91. The summed E-state index contributed by atoms with van der Waals surface area (Å²) in [6, 6.07) is 28.2. The highest BCUT2D eigenvalue weighted by atomic mass is 32.2. The normalized spacial score (nSPS) is 11.6. The van der Waals surface area contributed by atoms with Crippen molar-refractivity contribution >= 4 is 42.9 Å². The second kappa shape index (κ2) is 9.13. The largest absolute Gasteiger partial charge is 0.306 e. The van der Waals surface area contributed by atoms with Crippen LogP contribution in [0.5, 0.6) is 0 Å². The maximum Gasteiger partial charge on any atom is 0.269 e. The maximum atomic E-state index is 13.5. The third kappa shape index (κ3) is 4.04. The zero-order valence-electron chi connectivity index (χ0n) is 19.9. The van der Waals surface area contributed by atoms with E-state index < -0.39 is 14.9 Å². The number of hydrogen-bond acceptors (Lipinski definition) is 5. The molecule has 6 rings (SSSR count). The van der Waals surface area contributed by atoms with Crippen LogP contribution in [0, 0.1) is 10.1 Å². The third-order valence-electron chi connectivity index (χ3n) is 6.47. The number of nitro benzene ring substituents is 1. The monoisotopic (exact) mass is 520 g/mol. The van der Waals surface area contributed by atoms with Crippen LogP contribution in [0.15, 0.2) is 121 Å². The fourth-order valence-corrected chi connectivity index (χ4v) is 5.79. The highest BCUT2D eigenvalue weighted by Crippen LogP contribution is 2.43. The molecule has 0 bridgehead atoms. The Morgan fingerprint density at radius 2 is 1.39 bits per heavy atom. The van der Waals surface area contributed by atoms with E-state index >= 15 is 0 Å². The maximum absolute atomic E-state index is 13.5. The van der Waals surface area contributed by atoms with E-state index in [0.29, 0.717) is 11.3 Å². The van der Waals surface area contributed by atoms with Crippen molar-refractivity contribution in [3.8, 4) is 16.8 Å². The predicted molar refractivity (Wildman–Crippen MR) is 148 cm³/mol. The van der Waals surface area contributed by atoms with Gasteiger partial charge in [-0.3, -0.25) is 14.8 Å². The Morgan fingerprint density at radius 3 is 2.03 bits per heavy atom. The van der Waals surface area contributed by atoms with Gasteiger partial charge in [-0.25, -0.2) is 13.4 Å². The van der Waals surface area contributed by atoms with E-state index in [9.17, 15) is 18.5 Å². The minimum absolute atomic E-state index is 0.0741. The SMILES string of the molecule is O=[N+]([O-])c1ccc(S(=O)(=O)Nc2ccc3ccccc3c2-c2c(-n3ccnc3)ccc3ccccc23)cc1. The van der Waals surface area contributed by atoms with Crippen molar-refractivity contribution in [2.45, 2.75) is 4.90 Å². The van der Waals surface area contributed by atoms with E-state index in [4.69, 9.17) is 0 Å². The summed E-state index contributed by atoms with van der Waals surface area (Å²) in [7, 11) is -4.07. The predicted octanol–water partition coefficient (Wildman–Crippen LogP) is 6.55. The minimum Gasteiger partial charge on any atom is -0.306 e. The van der Waals surface area contributed by atoms with Gasteiger partial charge in [0.1, 0.15) is 0 Å². The van der Waals surface area contributed by atoms with Gasteiger partial charge in [0.2, 0.25) is 0 Å². The molecule has 0 aliphatic carbocycles. The molecule has 1 aromatic heterocycles.